The van der Waals surface area contributed by atoms with Crippen LogP contribution < -0.4 is 11.5 Å². The lowest BCUT2D eigenvalue weighted by Crippen LogP contribution is -2.06. The summed E-state index contributed by atoms with van der Waals surface area (Å²) < 4.78 is 0. The Morgan fingerprint density at radius 3 is 0.617 bits per heavy atom. The van der Waals surface area contributed by atoms with E-state index in [1.54, 1.807) is 0 Å². The van der Waals surface area contributed by atoms with Crippen molar-refractivity contribution in [2.45, 2.75) is 218 Å². The van der Waals surface area contributed by atoms with Gasteiger partial charge in [-0.25, -0.2) is 0 Å². The van der Waals surface area contributed by atoms with Crippen molar-refractivity contribution in [3.63, 3.8) is 0 Å². The Kier molecular flexibility index (Phi) is 25.0. The monoisotopic (exact) mass is 813 g/mol. The Morgan fingerprint density at radius 2 is 0.417 bits per heavy atom. The summed E-state index contributed by atoms with van der Waals surface area (Å²) in [7, 11) is 0. The largest absolute Gasteiger partial charge is 0.399 e. The number of benzene rings is 4. The molecular weight excluding hydrogens is 725 g/mol. The van der Waals surface area contributed by atoms with E-state index >= 15 is 0 Å². The first kappa shape index (κ1) is 49.1. The van der Waals surface area contributed by atoms with Gasteiger partial charge in [-0.2, -0.15) is 0 Å². The zero-order valence-electron chi connectivity index (χ0n) is 38.9. The number of rotatable bonds is 34. The molecule has 4 rings (SSSR count). The van der Waals surface area contributed by atoms with Crippen LogP contribution in [0.5, 0.6) is 0 Å². The topological polar surface area (TPSA) is 52.0 Å². The van der Waals surface area contributed by atoms with Crippen LogP contribution in [0.15, 0.2) is 97.1 Å². The molecule has 0 aliphatic carbocycles. The van der Waals surface area contributed by atoms with Gasteiger partial charge in [-0.3, -0.25) is 0 Å². The van der Waals surface area contributed by atoms with Gasteiger partial charge >= 0.3 is 0 Å². The molecular formula is C58H88N2. The number of anilines is 2. The number of unbranched alkanes of at least 4 members (excludes halogenated alkanes) is 22. The molecule has 4 aromatic rings. The third-order valence-corrected chi connectivity index (χ3v) is 13.4. The van der Waals surface area contributed by atoms with Crippen molar-refractivity contribution in [2.75, 3.05) is 11.5 Å². The Morgan fingerprint density at radius 1 is 0.250 bits per heavy atom. The molecule has 0 aromatic heterocycles. The summed E-state index contributed by atoms with van der Waals surface area (Å²) in [6, 6.07) is 37.1. The second-order valence-corrected chi connectivity index (χ2v) is 18.5. The van der Waals surface area contributed by atoms with Gasteiger partial charge in [0.1, 0.15) is 0 Å². The van der Waals surface area contributed by atoms with Gasteiger partial charge in [-0.1, -0.05) is 254 Å². The number of hydrogen-bond donors (Lipinski definition) is 2. The molecule has 2 unspecified atom stereocenters. The number of nitrogens with two attached hydrogens (primary N) is 2. The molecule has 2 heteroatoms. The van der Waals surface area contributed by atoms with Crippen molar-refractivity contribution in [3.8, 4) is 0 Å². The number of nitrogen functional groups attached to an aromatic ring is 2. The van der Waals surface area contributed by atoms with Crippen LogP contribution in [0.3, 0.4) is 0 Å². The zero-order valence-corrected chi connectivity index (χ0v) is 38.9. The van der Waals surface area contributed by atoms with E-state index in [9.17, 15) is 0 Å². The van der Waals surface area contributed by atoms with Gasteiger partial charge in [0.05, 0.1) is 0 Å². The lowest BCUT2D eigenvalue weighted by molar-refractivity contribution is 0.540. The van der Waals surface area contributed by atoms with Crippen LogP contribution in [0.2, 0.25) is 0 Å². The minimum absolute atomic E-state index is 0.404. The van der Waals surface area contributed by atoms with Gasteiger partial charge < -0.3 is 11.5 Å². The Bertz CT molecular complexity index is 1490. The fourth-order valence-electron chi connectivity index (χ4n) is 9.58. The van der Waals surface area contributed by atoms with E-state index in [0.29, 0.717) is 17.8 Å². The summed E-state index contributed by atoms with van der Waals surface area (Å²) in [5.74, 6) is 1.21. The molecule has 0 radical (unpaired) electrons. The molecule has 0 saturated carbocycles. The second-order valence-electron chi connectivity index (χ2n) is 18.5. The first-order chi connectivity index (χ1) is 29.5. The van der Waals surface area contributed by atoms with E-state index < -0.39 is 0 Å². The molecule has 2 nitrogen and oxygen atoms in total. The van der Waals surface area contributed by atoms with Crippen molar-refractivity contribution in [3.05, 3.63) is 130 Å². The zero-order chi connectivity index (χ0) is 42.5. The van der Waals surface area contributed by atoms with Crippen LogP contribution in [0.4, 0.5) is 11.4 Å². The van der Waals surface area contributed by atoms with E-state index in [2.05, 4.69) is 118 Å². The molecule has 0 amide bonds. The predicted octanol–water partition coefficient (Wildman–Crippen LogP) is 18.2. The van der Waals surface area contributed by atoms with E-state index in [1.165, 1.54) is 213 Å². The summed E-state index contributed by atoms with van der Waals surface area (Å²) in [4.78, 5) is 0. The Balaban J connectivity index is 1.45. The summed E-state index contributed by atoms with van der Waals surface area (Å²) in [5, 5.41) is 0. The van der Waals surface area contributed by atoms with Gasteiger partial charge in [0, 0.05) is 29.1 Å². The van der Waals surface area contributed by atoms with Crippen LogP contribution in [0.1, 0.15) is 252 Å². The van der Waals surface area contributed by atoms with Gasteiger partial charge in [0.15, 0.2) is 0 Å². The first-order valence-electron chi connectivity index (χ1n) is 25.4. The fourth-order valence-corrected chi connectivity index (χ4v) is 9.58. The van der Waals surface area contributed by atoms with Gasteiger partial charge in [0.25, 0.3) is 0 Å². The quantitative estimate of drug-likeness (QED) is 0.0365. The fraction of sp³-hybridized carbons (Fsp3) is 0.586. The van der Waals surface area contributed by atoms with E-state index in [1.807, 2.05) is 0 Å². The summed E-state index contributed by atoms with van der Waals surface area (Å²) in [6.07, 6.45) is 37.6. The molecule has 2 atom stereocenters. The van der Waals surface area contributed by atoms with Crippen LogP contribution in [-0.4, -0.2) is 0 Å². The molecule has 330 valence electrons. The minimum Gasteiger partial charge on any atom is -0.399 e. The van der Waals surface area contributed by atoms with Gasteiger partial charge in [0.2, 0.25) is 0 Å². The highest BCUT2D eigenvalue weighted by Crippen LogP contribution is 2.37. The minimum atomic E-state index is 0.404. The molecule has 4 N–H and O–H groups in total. The molecule has 0 bridgehead atoms. The summed E-state index contributed by atoms with van der Waals surface area (Å²) >= 11 is 0. The Labute approximate surface area is 370 Å². The van der Waals surface area contributed by atoms with Gasteiger partial charge in [-0.05, 0) is 76.9 Å². The van der Waals surface area contributed by atoms with Crippen LogP contribution in [0.25, 0.3) is 0 Å². The molecule has 0 aliphatic rings. The summed E-state index contributed by atoms with van der Waals surface area (Å²) in [5.41, 5.74) is 22.6. The maximum Gasteiger partial charge on any atom is 0.0314 e. The van der Waals surface area contributed by atoms with Crippen LogP contribution >= 0.6 is 0 Å². The lowest BCUT2D eigenvalue weighted by atomic mass is 9.81. The molecule has 0 aliphatic heterocycles. The smallest absolute Gasteiger partial charge is 0.0314 e. The van der Waals surface area contributed by atoms with Crippen LogP contribution in [-0.2, 0) is 0 Å². The van der Waals surface area contributed by atoms with E-state index in [4.69, 9.17) is 11.5 Å². The van der Waals surface area contributed by atoms with Crippen molar-refractivity contribution in [1.29, 1.82) is 0 Å². The van der Waals surface area contributed by atoms with Crippen LogP contribution in [0, 0.1) is 0 Å². The van der Waals surface area contributed by atoms with Crippen molar-refractivity contribution >= 4 is 11.4 Å². The molecule has 0 spiro atoms. The lowest BCUT2D eigenvalue weighted by Gasteiger charge is -2.23. The highest BCUT2D eigenvalue weighted by atomic mass is 14.5. The molecule has 0 saturated heterocycles. The van der Waals surface area contributed by atoms with Crippen molar-refractivity contribution < 1.29 is 0 Å². The normalized spacial score (nSPS) is 13.1. The molecule has 60 heavy (non-hydrogen) atoms. The van der Waals surface area contributed by atoms with E-state index in [-0.39, 0.29) is 0 Å². The average molecular weight is 813 g/mol. The highest BCUT2D eigenvalue weighted by molar-refractivity contribution is 5.45. The standard InChI is InChI=1S/C58H88N2/c1-4-7-10-13-15-17-19-21-24-27-30-57(52-40-44-54(59)45-41-52)50-36-32-48(33-37-50)56(29-26-23-12-9-6-3)49-34-38-51(39-35-49)58(53-42-46-55(60)47-43-53)31-28-25-22-20-18-16-14-11-8-5-2/h32-47,56-58H,4-31,59-60H2,1-3H3. The maximum atomic E-state index is 6.16. The van der Waals surface area contributed by atoms with Gasteiger partial charge in [-0.15, -0.1) is 0 Å². The molecule has 0 heterocycles. The highest BCUT2D eigenvalue weighted by Gasteiger charge is 2.20. The Hall–Kier alpha value is -3.52. The SMILES string of the molecule is CCCCCCCCCCCCC(c1ccc(N)cc1)c1ccc(C(CCCCCCC)c2ccc(C(CCCCCCCCCCCC)c3ccc(N)cc3)cc2)cc1. The van der Waals surface area contributed by atoms with Crippen molar-refractivity contribution in [2.24, 2.45) is 0 Å². The first-order valence-corrected chi connectivity index (χ1v) is 25.4. The maximum absolute atomic E-state index is 6.16. The number of hydrogen-bond acceptors (Lipinski definition) is 2. The third-order valence-electron chi connectivity index (χ3n) is 13.4. The van der Waals surface area contributed by atoms with Crippen molar-refractivity contribution in [1.82, 2.24) is 0 Å². The second kappa shape index (κ2) is 30.5. The van der Waals surface area contributed by atoms with E-state index in [0.717, 1.165) is 11.4 Å². The predicted molar refractivity (Wildman–Crippen MR) is 266 cm³/mol. The third kappa shape index (κ3) is 18.6. The molecule has 4 aromatic carbocycles. The summed E-state index contributed by atoms with van der Waals surface area (Å²) in [6.45, 7) is 6.92. The molecule has 0 fully saturated rings. The average Bonchev–Trinajstić information content (AvgIpc) is 3.27.